The fraction of sp³-hybridized carbons (Fsp3) is 0.250. The van der Waals surface area contributed by atoms with Crippen LogP contribution < -0.4 is 14.8 Å². The highest BCUT2D eigenvalue weighted by molar-refractivity contribution is 7.10. The number of benzene rings is 2. The van der Waals surface area contributed by atoms with Crippen LogP contribution >= 0.6 is 11.3 Å². The molecule has 0 aliphatic rings. The molecule has 0 bridgehead atoms. The second-order valence-corrected chi connectivity index (χ2v) is 6.59. The highest BCUT2D eigenvalue weighted by Gasteiger charge is 2.17. The zero-order chi connectivity index (χ0) is 17.8. The van der Waals surface area contributed by atoms with Crippen molar-refractivity contribution >= 4 is 11.3 Å². The van der Waals surface area contributed by atoms with E-state index in [1.54, 1.807) is 25.6 Å². The number of nitrogens with zero attached hydrogens (tertiary/aromatic N) is 1. The minimum absolute atomic E-state index is 0.218. The van der Waals surface area contributed by atoms with E-state index >= 15 is 0 Å². The molecule has 0 fully saturated rings. The summed E-state index contributed by atoms with van der Waals surface area (Å²) in [4.78, 5) is 4.76. The molecule has 3 rings (SSSR count). The average molecular weight is 354 g/mol. The zero-order valence-corrected chi connectivity index (χ0v) is 15.7. The maximum atomic E-state index is 5.65. The van der Waals surface area contributed by atoms with E-state index < -0.39 is 0 Å². The second kappa shape index (κ2) is 7.68. The van der Waals surface area contributed by atoms with E-state index in [2.05, 4.69) is 29.8 Å². The summed E-state index contributed by atoms with van der Waals surface area (Å²) < 4.78 is 11.3. The predicted molar refractivity (Wildman–Crippen MR) is 104 cm³/mol. The van der Waals surface area contributed by atoms with E-state index in [-0.39, 0.29) is 6.04 Å². The molecule has 0 saturated carbocycles. The average Bonchev–Trinajstić information content (AvgIpc) is 3.17. The van der Waals surface area contributed by atoms with Gasteiger partial charge in [-0.25, -0.2) is 4.98 Å². The molecule has 1 N–H and O–H groups in total. The fourth-order valence-electron chi connectivity index (χ4n) is 2.67. The highest BCUT2D eigenvalue weighted by atomic mass is 32.1. The SMILES string of the molecule is CNC(C)c1nc(-c2cc(OC)c(-c3ccccc3)cc2OC)cs1. The molecule has 0 amide bonds. The van der Waals surface area contributed by atoms with Gasteiger partial charge in [-0.05, 0) is 31.7 Å². The fourth-order valence-corrected chi connectivity index (χ4v) is 3.56. The minimum Gasteiger partial charge on any atom is -0.496 e. The largest absolute Gasteiger partial charge is 0.496 e. The molecule has 0 aliphatic heterocycles. The molecule has 4 nitrogen and oxygen atoms in total. The monoisotopic (exact) mass is 354 g/mol. The number of nitrogens with one attached hydrogen (secondary N) is 1. The van der Waals surface area contributed by atoms with Crippen LogP contribution in [-0.4, -0.2) is 26.3 Å². The molecule has 5 heteroatoms. The summed E-state index contributed by atoms with van der Waals surface area (Å²) >= 11 is 1.64. The number of hydrogen-bond donors (Lipinski definition) is 1. The van der Waals surface area contributed by atoms with Crippen LogP contribution in [0.25, 0.3) is 22.4 Å². The molecule has 1 aromatic heterocycles. The van der Waals surface area contributed by atoms with Crippen LogP contribution in [0.15, 0.2) is 47.8 Å². The van der Waals surface area contributed by atoms with E-state index in [0.717, 1.165) is 38.9 Å². The summed E-state index contributed by atoms with van der Waals surface area (Å²) in [6.07, 6.45) is 0. The molecule has 0 aliphatic carbocycles. The van der Waals surface area contributed by atoms with Crippen LogP contribution in [0.3, 0.4) is 0 Å². The standard InChI is InChI=1S/C20H22N2O2S/c1-13(21-2)20-22-17(12-25-20)16-11-18(23-3)15(10-19(16)24-4)14-8-6-5-7-9-14/h5-13,21H,1-4H3. The van der Waals surface area contributed by atoms with Crippen LogP contribution in [-0.2, 0) is 0 Å². The van der Waals surface area contributed by atoms with E-state index in [9.17, 15) is 0 Å². The number of aromatic nitrogens is 1. The Kier molecular flexibility index (Phi) is 5.36. The van der Waals surface area contributed by atoms with Gasteiger partial charge in [-0.15, -0.1) is 11.3 Å². The quantitative estimate of drug-likeness (QED) is 0.692. The molecule has 0 spiro atoms. The first kappa shape index (κ1) is 17.5. The van der Waals surface area contributed by atoms with E-state index in [0.29, 0.717) is 0 Å². The topological polar surface area (TPSA) is 43.4 Å². The van der Waals surface area contributed by atoms with Crippen LogP contribution in [0.4, 0.5) is 0 Å². The first-order valence-electron chi connectivity index (χ1n) is 8.12. The number of rotatable bonds is 6. The third-order valence-corrected chi connectivity index (χ3v) is 5.24. The first-order chi connectivity index (χ1) is 12.2. The Balaban J connectivity index is 2.10. The molecule has 1 atom stereocenters. The van der Waals surface area contributed by atoms with Gasteiger partial charge in [-0.1, -0.05) is 30.3 Å². The van der Waals surface area contributed by atoms with E-state index in [1.807, 2.05) is 37.4 Å². The van der Waals surface area contributed by atoms with Crippen molar-refractivity contribution in [3.8, 4) is 33.9 Å². The second-order valence-electron chi connectivity index (χ2n) is 5.70. The first-order valence-corrected chi connectivity index (χ1v) is 9.00. The summed E-state index contributed by atoms with van der Waals surface area (Å²) in [6.45, 7) is 2.10. The molecule has 1 heterocycles. The molecule has 3 aromatic rings. The van der Waals surface area contributed by atoms with Gasteiger partial charge >= 0.3 is 0 Å². The Morgan fingerprint density at radius 2 is 1.64 bits per heavy atom. The van der Waals surface area contributed by atoms with Gasteiger partial charge in [0.15, 0.2) is 0 Å². The third kappa shape index (κ3) is 3.52. The molecule has 0 radical (unpaired) electrons. The van der Waals surface area contributed by atoms with Crippen molar-refractivity contribution in [3.63, 3.8) is 0 Å². The molecular formula is C20H22N2O2S. The predicted octanol–water partition coefficient (Wildman–Crippen LogP) is 4.77. The van der Waals surface area contributed by atoms with Crippen molar-refractivity contribution in [1.82, 2.24) is 10.3 Å². The summed E-state index contributed by atoms with van der Waals surface area (Å²) in [5.74, 6) is 1.59. The summed E-state index contributed by atoms with van der Waals surface area (Å²) in [5, 5.41) is 6.32. The van der Waals surface area contributed by atoms with Crippen LogP contribution in [0, 0.1) is 0 Å². The summed E-state index contributed by atoms with van der Waals surface area (Å²) in [7, 11) is 5.31. The normalized spacial score (nSPS) is 12.0. The number of ether oxygens (including phenoxy) is 2. The summed E-state index contributed by atoms with van der Waals surface area (Å²) in [6, 6.07) is 14.4. The lowest BCUT2D eigenvalue weighted by atomic mass is 10.0. The minimum atomic E-state index is 0.218. The maximum absolute atomic E-state index is 5.65. The van der Waals surface area contributed by atoms with Gasteiger partial charge in [-0.2, -0.15) is 0 Å². The number of thiazole rings is 1. The smallest absolute Gasteiger partial charge is 0.129 e. The molecular weight excluding hydrogens is 332 g/mol. The van der Waals surface area contributed by atoms with Crippen molar-refractivity contribution in [2.24, 2.45) is 0 Å². The van der Waals surface area contributed by atoms with Gasteiger partial charge < -0.3 is 14.8 Å². The van der Waals surface area contributed by atoms with Gasteiger partial charge in [0.1, 0.15) is 16.5 Å². The van der Waals surface area contributed by atoms with Crippen molar-refractivity contribution in [2.45, 2.75) is 13.0 Å². The number of methoxy groups -OCH3 is 2. The van der Waals surface area contributed by atoms with Crippen molar-refractivity contribution in [3.05, 3.63) is 52.9 Å². The molecule has 2 aromatic carbocycles. The third-order valence-electron chi connectivity index (χ3n) is 4.21. The van der Waals surface area contributed by atoms with Gasteiger partial charge in [0, 0.05) is 16.5 Å². The maximum Gasteiger partial charge on any atom is 0.129 e. The lowest BCUT2D eigenvalue weighted by Gasteiger charge is -2.14. The van der Waals surface area contributed by atoms with Crippen molar-refractivity contribution in [1.29, 1.82) is 0 Å². The Morgan fingerprint density at radius 3 is 2.28 bits per heavy atom. The highest BCUT2D eigenvalue weighted by Crippen LogP contribution is 2.41. The lowest BCUT2D eigenvalue weighted by molar-refractivity contribution is 0.406. The van der Waals surface area contributed by atoms with Gasteiger partial charge in [0.05, 0.1) is 26.0 Å². The molecule has 1 unspecified atom stereocenters. The van der Waals surface area contributed by atoms with Crippen molar-refractivity contribution in [2.75, 3.05) is 21.3 Å². The van der Waals surface area contributed by atoms with Crippen LogP contribution in [0.1, 0.15) is 18.0 Å². The summed E-state index contributed by atoms with van der Waals surface area (Å²) in [5.41, 5.74) is 3.93. The number of hydrogen-bond acceptors (Lipinski definition) is 5. The molecule has 0 saturated heterocycles. The molecule has 25 heavy (non-hydrogen) atoms. The van der Waals surface area contributed by atoms with E-state index in [4.69, 9.17) is 14.5 Å². The van der Waals surface area contributed by atoms with Crippen molar-refractivity contribution < 1.29 is 9.47 Å². The van der Waals surface area contributed by atoms with Crippen LogP contribution in [0.2, 0.25) is 0 Å². The van der Waals surface area contributed by atoms with Crippen LogP contribution in [0.5, 0.6) is 11.5 Å². The van der Waals surface area contributed by atoms with Gasteiger partial charge in [0.2, 0.25) is 0 Å². The molecule has 130 valence electrons. The Labute approximate surface area is 152 Å². The zero-order valence-electron chi connectivity index (χ0n) is 14.9. The Morgan fingerprint density at radius 1 is 1.00 bits per heavy atom. The van der Waals surface area contributed by atoms with Gasteiger partial charge in [0.25, 0.3) is 0 Å². The Hall–Kier alpha value is -2.37. The van der Waals surface area contributed by atoms with Gasteiger partial charge in [-0.3, -0.25) is 0 Å². The van der Waals surface area contributed by atoms with E-state index in [1.165, 1.54) is 0 Å². The Bertz CT molecular complexity index is 846. The lowest BCUT2D eigenvalue weighted by Crippen LogP contribution is -2.11.